The normalized spacial score (nSPS) is 16.9. The van der Waals surface area contributed by atoms with E-state index in [1.165, 1.54) is 0 Å². The summed E-state index contributed by atoms with van der Waals surface area (Å²) in [4.78, 5) is 2.41. The van der Waals surface area contributed by atoms with Crippen molar-refractivity contribution in [2.45, 2.75) is 13.0 Å². The highest BCUT2D eigenvalue weighted by Gasteiger charge is 2.18. The Bertz CT molecular complexity index is 385. The number of hydrogen-bond donors (Lipinski definition) is 2. The molecule has 0 aliphatic carbocycles. The minimum Gasteiger partial charge on any atom is -0.504 e. The van der Waals surface area contributed by atoms with E-state index in [4.69, 9.17) is 4.74 Å². The standard InChI is InChI=1S/C13H20N2O2.2ClH/c1-10(15-7-5-14-6-8-15)11-3-4-13(17-2)12(16)9-11;;/h3-4,9-10,14,16H,5-8H2,1-2H3;2*1H/t10-;;/m0../s1. The van der Waals surface area contributed by atoms with Crippen molar-refractivity contribution in [1.82, 2.24) is 10.2 Å². The molecule has 0 bridgehead atoms. The van der Waals surface area contributed by atoms with Crippen LogP contribution in [0, 0.1) is 0 Å². The van der Waals surface area contributed by atoms with E-state index in [1.807, 2.05) is 12.1 Å². The molecule has 6 heteroatoms. The molecule has 0 spiro atoms. The average molecular weight is 309 g/mol. The van der Waals surface area contributed by atoms with Crippen molar-refractivity contribution in [3.8, 4) is 11.5 Å². The van der Waals surface area contributed by atoms with Gasteiger partial charge < -0.3 is 15.2 Å². The quantitative estimate of drug-likeness (QED) is 0.898. The summed E-state index contributed by atoms with van der Waals surface area (Å²) in [5.74, 6) is 0.744. The van der Waals surface area contributed by atoms with E-state index in [0.717, 1.165) is 31.7 Å². The van der Waals surface area contributed by atoms with Gasteiger partial charge in [0.15, 0.2) is 11.5 Å². The minimum absolute atomic E-state index is 0. The van der Waals surface area contributed by atoms with Crippen molar-refractivity contribution in [2.75, 3.05) is 33.3 Å². The predicted octanol–water partition coefficient (Wildman–Crippen LogP) is 2.21. The number of methoxy groups -OCH3 is 1. The Morgan fingerprint density at radius 3 is 2.42 bits per heavy atom. The van der Waals surface area contributed by atoms with Gasteiger partial charge >= 0.3 is 0 Å². The van der Waals surface area contributed by atoms with Crippen LogP contribution in [0.2, 0.25) is 0 Å². The second-order valence-corrected chi connectivity index (χ2v) is 4.39. The third-order valence-electron chi connectivity index (χ3n) is 3.38. The molecular weight excluding hydrogens is 287 g/mol. The lowest BCUT2D eigenvalue weighted by molar-refractivity contribution is 0.185. The molecule has 0 unspecified atom stereocenters. The van der Waals surface area contributed by atoms with Crippen molar-refractivity contribution < 1.29 is 9.84 Å². The van der Waals surface area contributed by atoms with Gasteiger partial charge in [0.2, 0.25) is 0 Å². The van der Waals surface area contributed by atoms with Gasteiger partial charge in [-0.25, -0.2) is 0 Å². The summed E-state index contributed by atoms with van der Waals surface area (Å²) in [5, 5.41) is 13.1. The summed E-state index contributed by atoms with van der Waals surface area (Å²) in [7, 11) is 1.56. The number of ether oxygens (including phenoxy) is 1. The first kappa shape index (κ1) is 18.3. The van der Waals surface area contributed by atoms with Gasteiger partial charge in [-0.3, -0.25) is 4.90 Å². The Kier molecular flexibility index (Phi) is 8.18. The number of hydrogen-bond acceptors (Lipinski definition) is 4. The molecule has 1 aliphatic heterocycles. The number of nitrogens with zero attached hydrogens (tertiary/aromatic N) is 1. The molecule has 0 saturated carbocycles. The molecule has 1 atom stereocenters. The Morgan fingerprint density at radius 1 is 1.26 bits per heavy atom. The first-order chi connectivity index (χ1) is 8.22. The van der Waals surface area contributed by atoms with Crippen LogP contribution < -0.4 is 10.1 Å². The van der Waals surface area contributed by atoms with Crippen LogP contribution in [0.1, 0.15) is 18.5 Å². The molecule has 0 aromatic heterocycles. The van der Waals surface area contributed by atoms with Crippen LogP contribution in [0.15, 0.2) is 18.2 Å². The maximum Gasteiger partial charge on any atom is 0.160 e. The van der Waals surface area contributed by atoms with E-state index in [9.17, 15) is 5.11 Å². The SMILES string of the molecule is COc1ccc([C@H](C)N2CCNCC2)cc1O.Cl.Cl. The maximum absolute atomic E-state index is 9.78. The first-order valence-corrected chi connectivity index (χ1v) is 6.04. The van der Waals surface area contributed by atoms with Gasteiger partial charge in [-0.15, -0.1) is 24.8 Å². The average Bonchev–Trinajstić information content (AvgIpc) is 2.39. The summed E-state index contributed by atoms with van der Waals surface area (Å²) < 4.78 is 5.05. The summed E-state index contributed by atoms with van der Waals surface area (Å²) in [6.07, 6.45) is 0. The molecule has 1 saturated heterocycles. The van der Waals surface area contributed by atoms with Crippen molar-refractivity contribution in [1.29, 1.82) is 0 Å². The zero-order valence-electron chi connectivity index (χ0n) is 11.3. The van der Waals surface area contributed by atoms with Crippen LogP contribution in [-0.4, -0.2) is 43.3 Å². The molecule has 1 heterocycles. The van der Waals surface area contributed by atoms with Gasteiger partial charge in [0, 0.05) is 32.2 Å². The van der Waals surface area contributed by atoms with E-state index >= 15 is 0 Å². The Morgan fingerprint density at radius 2 is 1.89 bits per heavy atom. The number of nitrogens with one attached hydrogen (secondary N) is 1. The smallest absolute Gasteiger partial charge is 0.160 e. The van der Waals surface area contributed by atoms with Crippen LogP contribution in [0.25, 0.3) is 0 Å². The molecule has 0 radical (unpaired) electrons. The lowest BCUT2D eigenvalue weighted by Crippen LogP contribution is -2.44. The third kappa shape index (κ3) is 4.42. The summed E-state index contributed by atoms with van der Waals surface area (Å²) in [5.41, 5.74) is 1.13. The van der Waals surface area contributed by atoms with Crippen LogP contribution in [0.4, 0.5) is 0 Å². The number of aromatic hydroxyl groups is 1. The summed E-state index contributed by atoms with van der Waals surface area (Å²) in [6.45, 7) is 6.34. The summed E-state index contributed by atoms with van der Waals surface area (Å²) >= 11 is 0. The fourth-order valence-electron chi connectivity index (χ4n) is 2.25. The van der Waals surface area contributed by atoms with E-state index < -0.39 is 0 Å². The van der Waals surface area contributed by atoms with Gasteiger partial charge in [0.25, 0.3) is 0 Å². The van der Waals surface area contributed by atoms with Crippen molar-refractivity contribution in [2.24, 2.45) is 0 Å². The van der Waals surface area contributed by atoms with Gasteiger partial charge in [0.05, 0.1) is 7.11 Å². The number of halogens is 2. The van der Waals surface area contributed by atoms with Crippen molar-refractivity contribution >= 4 is 24.8 Å². The Balaban J connectivity index is 0.00000162. The number of rotatable bonds is 3. The second-order valence-electron chi connectivity index (χ2n) is 4.39. The molecule has 110 valence electrons. The molecule has 0 amide bonds. The zero-order valence-corrected chi connectivity index (χ0v) is 12.9. The largest absolute Gasteiger partial charge is 0.504 e. The highest BCUT2D eigenvalue weighted by Crippen LogP contribution is 2.30. The van der Waals surface area contributed by atoms with Crippen LogP contribution in [0.3, 0.4) is 0 Å². The lowest BCUT2D eigenvalue weighted by atomic mass is 10.1. The number of benzene rings is 1. The topological polar surface area (TPSA) is 44.7 Å². The molecule has 1 aromatic rings. The second kappa shape index (κ2) is 8.48. The lowest BCUT2D eigenvalue weighted by Gasteiger charge is -2.33. The van der Waals surface area contributed by atoms with Crippen molar-refractivity contribution in [3.63, 3.8) is 0 Å². The zero-order chi connectivity index (χ0) is 12.3. The summed E-state index contributed by atoms with van der Waals surface area (Å²) in [6, 6.07) is 5.97. The first-order valence-electron chi connectivity index (χ1n) is 6.04. The Hall–Kier alpha value is -0.680. The molecule has 1 fully saturated rings. The molecule has 19 heavy (non-hydrogen) atoms. The molecule has 2 rings (SSSR count). The number of phenols is 1. The molecule has 1 aromatic carbocycles. The van der Waals surface area contributed by atoms with Gasteiger partial charge in [-0.2, -0.15) is 0 Å². The highest BCUT2D eigenvalue weighted by molar-refractivity contribution is 5.85. The van der Waals surface area contributed by atoms with Crippen molar-refractivity contribution in [3.05, 3.63) is 23.8 Å². The molecular formula is C13H22Cl2N2O2. The molecule has 2 N–H and O–H groups in total. The monoisotopic (exact) mass is 308 g/mol. The van der Waals surface area contributed by atoms with E-state index in [2.05, 4.69) is 17.1 Å². The van der Waals surface area contributed by atoms with Crippen LogP contribution >= 0.6 is 24.8 Å². The van der Waals surface area contributed by atoms with E-state index in [0.29, 0.717) is 11.8 Å². The Labute approximate surface area is 127 Å². The fraction of sp³-hybridized carbons (Fsp3) is 0.538. The van der Waals surface area contributed by atoms with E-state index in [1.54, 1.807) is 13.2 Å². The maximum atomic E-state index is 9.78. The third-order valence-corrected chi connectivity index (χ3v) is 3.38. The predicted molar refractivity (Wildman–Crippen MR) is 82.0 cm³/mol. The number of phenolic OH excluding ortho intramolecular Hbond substituents is 1. The van der Waals surface area contributed by atoms with Gasteiger partial charge in [-0.1, -0.05) is 6.07 Å². The van der Waals surface area contributed by atoms with Crippen LogP contribution in [-0.2, 0) is 0 Å². The van der Waals surface area contributed by atoms with E-state index in [-0.39, 0.29) is 30.6 Å². The van der Waals surface area contributed by atoms with Crippen LogP contribution in [0.5, 0.6) is 11.5 Å². The molecule has 4 nitrogen and oxygen atoms in total. The number of piperazine rings is 1. The van der Waals surface area contributed by atoms with Gasteiger partial charge in [-0.05, 0) is 24.6 Å². The van der Waals surface area contributed by atoms with Gasteiger partial charge in [0.1, 0.15) is 0 Å². The minimum atomic E-state index is 0. The fourth-order valence-corrected chi connectivity index (χ4v) is 2.25. The molecule has 1 aliphatic rings. The highest BCUT2D eigenvalue weighted by atomic mass is 35.5.